The van der Waals surface area contributed by atoms with Gasteiger partial charge in [0.15, 0.2) is 30.9 Å². The molecule has 0 aliphatic heterocycles. The quantitative estimate of drug-likeness (QED) is 0.0471. The number of phenols is 1. The predicted molar refractivity (Wildman–Crippen MR) is 321 cm³/mol. The van der Waals surface area contributed by atoms with Crippen molar-refractivity contribution in [2.45, 2.75) is 61.3 Å². The number of benzene rings is 6. The van der Waals surface area contributed by atoms with Gasteiger partial charge in [0.2, 0.25) is 0 Å². The second kappa shape index (κ2) is 33.1. The molecule has 0 aliphatic carbocycles. The van der Waals surface area contributed by atoms with Crippen molar-refractivity contribution in [3.8, 4) is 17.2 Å². The number of aryl methyl sites for hydroxylation is 1. The van der Waals surface area contributed by atoms with Crippen LogP contribution in [0.2, 0.25) is 25.1 Å². The van der Waals surface area contributed by atoms with Gasteiger partial charge in [0.25, 0.3) is 0 Å². The summed E-state index contributed by atoms with van der Waals surface area (Å²) in [6.45, 7) is 7.21. The Morgan fingerprint density at radius 1 is 0.544 bits per heavy atom. The van der Waals surface area contributed by atoms with E-state index in [4.69, 9.17) is 99.7 Å². The maximum absolute atomic E-state index is 11.5. The van der Waals surface area contributed by atoms with Gasteiger partial charge in [-0.15, -0.1) is 0 Å². The van der Waals surface area contributed by atoms with Crippen molar-refractivity contribution in [1.29, 1.82) is 0 Å². The van der Waals surface area contributed by atoms with E-state index in [-0.39, 0.29) is 52.4 Å². The van der Waals surface area contributed by atoms with Crippen LogP contribution in [0.4, 0.5) is 0 Å². The number of alkyl halides is 1. The topological polar surface area (TPSA) is 178 Å². The number of aromatic hydroxyl groups is 1. The summed E-state index contributed by atoms with van der Waals surface area (Å²) >= 11 is 32.2. The number of halogens is 6. The molecule has 0 saturated heterocycles. The van der Waals surface area contributed by atoms with Crippen molar-refractivity contribution in [2.24, 2.45) is 0 Å². The molecule has 4 aromatic heterocycles. The number of fused-ring (bicyclic) bond motifs is 4. The third kappa shape index (κ3) is 19.9. The lowest BCUT2D eigenvalue weighted by atomic mass is 10.1. The summed E-state index contributed by atoms with van der Waals surface area (Å²) in [5, 5.41) is 16.4. The van der Waals surface area contributed by atoms with Crippen LogP contribution in [0.15, 0.2) is 156 Å². The molecule has 0 saturated carbocycles. The van der Waals surface area contributed by atoms with Gasteiger partial charge in [0.1, 0.15) is 64.3 Å². The van der Waals surface area contributed by atoms with Gasteiger partial charge < -0.3 is 41.7 Å². The van der Waals surface area contributed by atoms with Gasteiger partial charge in [0, 0.05) is 72.0 Å². The Kier molecular flexibility index (Phi) is 27.9. The van der Waals surface area contributed by atoms with Crippen LogP contribution in [-0.4, -0.2) is 50.1 Å². The average molecular weight is 1240 g/mol. The first-order valence-electron chi connectivity index (χ1n) is 22.9. The molecule has 19 heteroatoms. The summed E-state index contributed by atoms with van der Waals surface area (Å²) in [6, 6.07) is 37.9. The van der Waals surface area contributed by atoms with Crippen molar-refractivity contribution in [1.82, 2.24) is 0 Å². The molecule has 0 radical (unpaired) electrons. The summed E-state index contributed by atoms with van der Waals surface area (Å²) in [5.74, 6) is 2.98. The maximum atomic E-state index is 11.5. The van der Waals surface area contributed by atoms with E-state index in [1.54, 1.807) is 54.6 Å². The lowest BCUT2D eigenvalue weighted by Gasteiger charge is -2.18. The molecular weight excluding hydrogens is 1190 g/mol. The van der Waals surface area contributed by atoms with E-state index in [2.05, 4.69) is 15.9 Å². The molecule has 79 heavy (non-hydrogen) atoms. The van der Waals surface area contributed by atoms with Crippen LogP contribution in [0.5, 0.6) is 17.2 Å². The molecule has 10 aromatic rings. The highest BCUT2D eigenvalue weighted by Gasteiger charge is 2.12. The fraction of sp³-hybridized carbons (Fsp3) is 0.200. The molecule has 6 aromatic carbocycles. The highest BCUT2D eigenvalue weighted by molar-refractivity contribution is 9.08. The molecular formula is C60H58BrCl5O13. The molecule has 0 aliphatic rings. The van der Waals surface area contributed by atoms with Gasteiger partial charge in [-0.05, 0) is 148 Å². The Morgan fingerprint density at radius 2 is 1.05 bits per heavy atom. The molecule has 0 unspecified atom stereocenters. The summed E-state index contributed by atoms with van der Waals surface area (Å²) in [6.07, 6.45) is 1.50. The lowest BCUT2D eigenvalue weighted by Crippen LogP contribution is -2.25. The smallest absolute Gasteiger partial charge is 0.336 e. The Bertz CT molecular complexity index is 3620. The predicted octanol–water partition coefficient (Wildman–Crippen LogP) is 18.7. The average Bonchev–Trinajstić information content (AvgIpc) is 4.17. The van der Waals surface area contributed by atoms with E-state index in [0.29, 0.717) is 91.9 Å². The first kappa shape index (κ1) is 66.7. The second-order valence-corrected chi connectivity index (χ2v) is 18.6. The van der Waals surface area contributed by atoms with E-state index in [0.717, 1.165) is 54.4 Å². The SMILES string of the molecule is C.C.C.CCOC(COc1ccc(Cl)cc1C=O)OCC.Cc1cc(=O)oc2cc(OCc3cc4cc(Cl)ccc4o3)ccc12.Clc1ccc2oc(CBr)cc2c1.O=Cc1cc(Cl)ccc1O.O=Cc1cc2cc(Cl)ccc2o1. The van der Waals surface area contributed by atoms with Crippen LogP contribution in [0.1, 0.15) is 84.5 Å². The van der Waals surface area contributed by atoms with E-state index in [9.17, 15) is 19.2 Å². The zero-order valence-electron chi connectivity index (χ0n) is 40.7. The molecule has 0 amide bonds. The van der Waals surface area contributed by atoms with Crippen molar-refractivity contribution in [3.63, 3.8) is 0 Å². The van der Waals surface area contributed by atoms with Gasteiger partial charge in [0.05, 0.1) is 16.5 Å². The number of rotatable bonds is 14. The largest absolute Gasteiger partial charge is 0.507 e. The standard InChI is InChI=1S/C19H13ClO4.C13H17ClO4.C9H6BrClO.C9H5ClO2.C7H5ClO2.3CH4/c1-11-6-19(21)24-18-9-14(3-4-16(11)18)22-10-15-8-12-7-13(20)2-5-17(12)23-15;1-3-16-13(17-4-2)9-18-12-6-5-11(14)7-10(12)8-15;10-5-8-4-6-3-7(11)1-2-9(6)12-8;10-7-1-2-9-6(3-7)4-8(5-11)12-9;8-6-1-2-7(10)5(3-6)4-9;;;/h2-9H,10H2,1H3;5-8,13H,3-4,9H2,1-2H3;1-4H,5H2;1-5H;1-4,10H;3*1H4. The summed E-state index contributed by atoms with van der Waals surface area (Å²) in [4.78, 5) is 42.9. The molecule has 0 spiro atoms. The second-order valence-electron chi connectivity index (χ2n) is 15.8. The van der Waals surface area contributed by atoms with E-state index < -0.39 is 6.29 Å². The number of hydrogen-bond donors (Lipinski definition) is 1. The molecule has 4 heterocycles. The van der Waals surface area contributed by atoms with Gasteiger partial charge >= 0.3 is 5.63 Å². The third-order valence-electron chi connectivity index (χ3n) is 10.4. The molecule has 13 nitrogen and oxygen atoms in total. The maximum Gasteiger partial charge on any atom is 0.336 e. The molecule has 1 N–H and O–H groups in total. The first-order valence-corrected chi connectivity index (χ1v) is 25.9. The Labute approximate surface area is 490 Å². The van der Waals surface area contributed by atoms with Crippen LogP contribution >= 0.6 is 73.9 Å². The molecule has 0 fully saturated rings. The van der Waals surface area contributed by atoms with Gasteiger partial charge in [-0.25, -0.2) is 4.79 Å². The highest BCUT2D eigenvalue weighted by Crippen LogP contribution is 2.28. The number of ether oxygens (including phenoxy) is 4. The number of hydrogen-bond acceptors (Lipinski definition) is 13. The minimum Gasteiger partial charge on any atom is -0.507 e. The Hall–Kier alpha value is -6.59. The Morgan fingerprint density at radius 3 is 1.59 bits per heavy atom. The number of phenolic OH excluding ortho intramolecular Hbond substituents is 1. The third-order valence-corrected chi connectivity index (χ3v) is 12.1. The van der Waals surface area contributed by atoms with Gasteiger partial charge in [-0.2, -0.15) is 0 Å². The minimum absolute atomic E-state index is 0. The van der Waals surface area contributed by atoms with Crippen molar-refractivity contribution in [3.05, 3.63) is 203 Å². The highest BCUT2D eigenvalue weighted by atomic mass is 79.9. The zero-order chi connectivity index (χ0) is 54.7. The van der Waals surface area contributed by atoms with E-state index in [1.807, 2.05) is 75.4 Å². The van der Waals surface area contributed by atoms with Crippen molar-refractivity contribution >= 4 is 137 Å². The molecule has 0 atom stereocenters. The number of carbonyl (C=O) groups excluding carboxylic acids is 3. The van der Waals surface area contributed by atoms with Gasteiger partial charge in [-0.1, -0.05) is 96.2 Å². The van der Waals surface area contributed by atoms with Crippen LogP contribution in [0.3, 0.4) is 0 Å². The van der Waals surface area contributed by atoms with E-state index >= 15 is 0 Å². The summed E-state index contributed by atoms with van der Waals surface area (Å²) in [5.41, 5.74) is 3.97. The van der Waals surface area contributed by atoms with Crippen LogP contribution in [0, 0.1) is 6.92 Å². The summed E-state index contributed by atoms with van der Waals surface area (Å²) in [7, 11) is 0. The normalized spacial score (nSPS) is 10.3. The van der Waals surface area contributed by atoms with Crippen molar-refractivity contribution < 1.29 is 56.1 Å². The Balaban J connectivity index is 0.000000267. The van der Waals surface area contributed by atoms with Crippen LogP contribution in [0.25, 0.3) is 43.9 Å². The summed E-state index contributed by atoms with van der Waals surface area (Å²) < 4.78 is 43.5. The molecule has 418 valence electrons. The fourth-order valence-corrected chi connectivity index (χ4v) is 8.13. The van der Waals surface area contributed by atoms with Crippen LogP contribution in [-0.2, 0) is 21.4 Å². The number of carbonyl (C=O) groups is 3. The monoisotopic (exact) mass is 1240 g/mol. The lowest BCUT2D eigenvalue weighted by molar-refractivity contribution is -0.152. The zero-order valence-corrected chi connectivity index (χ0v) is 46.0. The van der Waals surface area contributed by atoms with Gasteiger partial charge in [-0.3, -0.25) is 14.4 Å². The van der Waals surface area contributed by atoms with Crippen LogP contribution < -0.4 is 15.1 Å². The number of aldehydes is 3. The molecule has 0 bridgehead atoms. The first-order chi connectivity index (χ1) is 36.6. The molecule has 10 rings (SSSR count). The number of furan rings is 3. The van der Waals surface area contributed by atoms with Crippen molar-refractivity contribution in [2.75, 3.05) is 19.8 Å². The minimum atomic E-state index is -0.435. The fourth-order valence-electron chi connectivity index (χ4n) is 6.95. The van der Waals surface area contributed by atoms with E-state index in [1.165, 1.54) is 24.3 Å².